The maximum absolute atomic E-state index is 13.2. The molecule has 0 radical (unpaired) electrons. The fourth-order valence-corrected chi connectivity index (χ4v) is 3.04. The van der Waals surface area contributed by atoms with Gasteiger partial charge < -0.3 is 9.84 Å². The van der Waals surface area contributed by atoms with Crippen molar-refractivity contribution >= 4 is 11.5 Å². The Bertz CT molecular complexity index is 798. The van der Waals surface area contributed by atoms with E-state index >= 15 is 0 Å². The first-order valence-corrected chi connectivity index (χ1v) is 8.98. The van der Waals surface area contributed by atoms with Crippen LogP contribution < -0.4 is 0 Å². The molecular weight excluding hydrogens is 350 g/mol. The average molecular weight is 372 g/mol. The van der Waals surface area contributed by atoms with Crippen LogP contribution in [-0.4, -0.2) is 23.1 Å². The number of rotatable bonds is 6. The van der Waals surface area contributed by atoms with Gasteiger partial charge in [0, 0.05) is 19.3 Å². The minimum atomic E-state index is -2.60. The summed E-state index contributed by atoms with van der Waals surface area (Å²) in [5.41, 5.74) is 3.45. The van der Waals surface area contributed by atoms with Crippen molar-refractivity contribution in [3.05, 3.63) is 77.4 Å². The van der Waals surface area contributed by atoms with E-state index in [2.05, 4.69) is 0 Å². The minimum absolute atomic E-state index is 0.120. The van der Waals surface area contributed by atoms with Gasteiger partial charge in [-0.15, -0.1) is 0 Å². The second-order valence-electron chi connectivity index (χ2n) is 6.80. The van der Waals surface area contributed by atoms with E-state index in [1.807, 2.05) is 42.5 Å². The van der Waals surface area contributed by atoms with Gasteiger partial charge in [-0.3, -0.25) is 0 Å². The van der Waals surface area contributed by atoms with E-state index in [9.17, 15) is 18.7 Å². The molecule has 0 saturated heterocycles. The Morgan fingerprint density at radius 2 is 1.78 bits per heavy atom. The number of alkyl halides is 2. The Balaban J connectivity index is 1.53. The molecule has 1 atom stereocenters. The number of hydrogen-bond donors (Lipinski definition) is 1. The van der Waals surface area contributed by atoms with Crippen molar-refractivity contribution in [3.8, 4) is 0 Å². The van der Waals surface area contributed by atoms with Crippen LogP contribution in [0.15, 0.2) is 60.7 Å². The third kappa shape index (κ3) is 5.47. The molecule has 3 rings (SSSR count). The second-order valence-corrected chi connectivity index (χ2v) is 6.80. The first kappa shape index (κ1) is 19.2. The van der Waals surface area contributed by atoms with E-state index in [4.69, 9.17) is 4.74 Å². The number of carbonyl (C=O) groups excluding carboxylic acids is 1. The fraction of sp³-hybridized carbons (Fsp3) is 0.318. The van der Waals surface area contributed by atoms with Gasteiger partial charge in [-0.1, -0.05) is 60.7 Å². The number of carbonyl (C=O) groups is 1. The first-order chi connectivity index (χ1) is 12.9. The molecule has 0 aliphatic heterocycles. The summed E-state index contributed by atoms with van der Waals surface area (Å²) in [6, 6.07) is 16.5. The van der Waals surface area contributed by atoms with Gasteiger partial charge >= 0.3 is 5.97 Å². The molecule has 0 aromatic heterocycles. The molecule has 0 saturated carbocycles. The van der Waals surface area contributed by atoms with Crippen molar-refractivity contribution in [2.24, 2.45) is 0 Å². The number of hydrogen-bond acceptors (Lipinski definition) is 3. The molecule has 1 aliphatic carbocycles. The molecule has 3 nitrogen and oxygen atoms in total. The fourth-order valence-electron chi connectivity index (χ4n) is 3.04. The number of esters is 1. The summed E-state index contributed by atoms with van der Waals surface area (Å²) in [7, 11) is 0. The molecule has 27 heavy (non-hydrogen) atoms. The van der Waals surface area contributed by atoms with Crippen LogP contribution in [0.3, 0.4) is 0 Å². The van der Waals surface area contributed by atoms with Gasteiger partial charge in [0.25, 0.3) is 5.92 Å². The number of benzene rings is 2. The van der Waals surface area contributed by atoms with Gasteiger partial charge in [0.05, 0.1) is 0 Å². The second kappa shape index (κ2) is 8.44. The highest BCUT2D eigenvalue weighted by Gasteiger charge is 2.31. The zero-order chi connectivity index (χ0) is 19.3. The number of aliphatic hydroxyl groups is 1. The molecule has 2 aromatic carbocycles. The quantitative estimate of drug-likeness (QED) is 0.758. The lowest BCUT2D eigenvalue weighted by Crippen LogP contribution is -2.25. The predicted molar refractivity (Wildman–Crippen MR) is 99.2 cm³/mol. The van der Waals surface area contributed by atoms with E-state index < -0.39 is 18.0 Å². The summed E-state index contributed by atoms with van der Waals surface area (Å²) >= 11 is 0. The smallest absolute Gasteiger partial charge is 0.335 e. The average Bonchev–Trinajstić information content (AvgIpc) is 2.67. The van der Waals surface area contributed by atoms with E-state index in [0.717, 1.165) is 22.3 Å². The Morgan fingerprint density at radius 1 is 1.07 bits per heavy atom. The van der Waals surface area contributed by atoms with Crippen molar-refractivity contribution < 1.29 is 23.4 Å². The summed E-state index contributed by atoms with van der Waals surface area (Å²) in [6.07, 6.45) is 0.482. The Kier molecular flexibility index (Phi) is 6.01. The van der Waals surface area contributed by atoms with Crippen molar-refractivity contribution in [2.45, 2.75) is 44.3 Å². The van der Waals surface area contributed by atoms with Crippen LogP contribution in [0.2, 0.25) is 0 Å². The van der Waals surface area contributed by atoms with Gasteiger partial charge in [-0.2, -0.15) is 0 Å². The number of allylic oxidation sites excluding steroid dienone is 2. The Morgan fingerprint density at radius 3 is 2.41 bits per heavy atom. The molecule has 1 N–H and O–H groups in total. The van der Waals surface area contributed by atoms with Crippen molar-refractivity contribution in [2.75, 3.05) is 0 Å². The zero-order valence-electron chi connectivity index (χ0n) is 14.9. The molecule has 2 aromatic rings. The van der Waals surface area contributed by atoms with E-state index in [1.165, 1.54) is 0 Å². The van der Waals surface area contributed by atoms with Gasteiger partial charge in [-0.25, -0.2) is 13.6 Å². The molecule has 5 heteroatoms. The van der Waals surface area contributed by atoms with Crippen molar-refractivity contribution in [1.82, 2.24) is 0 Å². The summed E-state index contributed by atoms with van der Waals surface area (Å²) in [5, 5.41) is 10.1. The van der Waals surface area contributed by atoms with Crippen LogP contribution >= 0.6 is 0 Å². The standard InChI is InChI=1S/C22H22F2O3/c23-22(24)12-10-19(11-13-22)18-8-6-16(7-9-18)14-20(25)21(26)27-15-17-4-2-1-3-5-17/h1-10,20,25H,11-15H2. The van der Waals surface area contributed by atoms with Crippen LogP contribution in [0, 0.1) is 0 Å². The third-order valence-electron chi connectivity index (χ3n) is 4.66. The van der Waals surface area contributed by atoms with E-state index in [1.54, 1.807) is 18.2 Å². The zero-order valence-corrected chi connectivity index (χ0v) is 14.9. The molecule has 1 unspecified atom stereocenters. The number of ether oxygens (including phenoxy) is 1. The van der Waals surface area contributed by atoms with Crippen molar-refractivity contribution in [3.63, 3.8) is 0 Å². The summed E-state index contributed by atoms with van der Waals surface area (Å²) in [6.45, 7) is 0.120. The maximum atomic E-state index is 13.2. The van der Waals surface area contributed by atoms with Gasteiger partial charge in [0.15, 0.2) is 6.10 Å². The van der Waals surface area contributed by atoms with Crippen LogP contribution in [-0.2, 0) is 22.6 Å². The lowest BCUT2D eigenvalue weighted by Gasteiger charge is -2.21. The van der Waals surface area contributed by atoms with Crippen LogP contribution in [0.5, 0.6) is 0 Å². The minimum Gasteiger partial charge on any atom is -0.459 e. The monoisotopic (exact) mass is 372 g/mol. The van der Waals surface area contributed by atoms with Gasteiger partial charge in [-0.05, 0) is 28.7 Å². The maximum Gasteiger partial charge on any atom is 0.335 e. The molecule has 0 amide bonds. The Hall–Kier alpha value is -2.53. The molecule has 1 aliphatic rings. The van der Waals surface area contributed by atoms with Gasteiger partial charge in [0.1, 0.15) is 6.61 Å². The van der Waals surface area contributed by atoms with E-state index in [0.29, 0.717) is 6.42 Å². The van der Waals surface area contributed by atoms with Crippen LogP contribution in [0.1, 0.15) is 36.0 Å². The highest BCUT2D eigenvalue weighted by Crippen LogP contribution is 2.36. The summed E-state index contributed by atoms with van der Waals surface area (Å²) in [5.74, 6) is -3.27. The van der Waals surface area contributed by atoms with Gasteiger partial charge in [0.2, 0.25) is 0 Å². The largest absolute Gasteiger partial charge is 0.459 e. The molecule has 0 spiro atoms. The molecule has 0 fully saturated rings. The van der Waals surface area contributed by atoms with Crippen LogP contribution in [0.25, 0.3) is 5.57 Å². The SMILES string of the molecule is O=C(OCc1ccccc1)C(O)Cc1ccc(C2=CCC(F)(F)CC2)cc1. The lowest BCUT2D eigenvalue weighted by atomic mass is 9.91. The number of aliphatic hydroxyl groups excluding tert-OH is 1. The first-order valence-electron chi connectivity index (χ1n) is 8.98. The Labute approximate surface area is 157 Å². The predicted octanol–water partition coefficient (Wildman–Crippen LogP) is 4.54. The molecule has 0 bridgehead atoms. The number of halogens is 2. The van der Waals surface area contributed by atoms with Crippen molar-refractivity contribution in [1.29, 1.82) is 0 Å². The summed E-state index contributed by atoms with van der Waals surface area (Å²) in [4.78, 5) is 11.9. The lowest BCUT2D eigenvalue weighted by molar-refractivity contribution is -0.154. The molecule has 142 valence electrons. The molecule has 0 heterocycles. The highest BCUT2D eigenvalue weighted by atomic mass is 19.3. The van der Waals surface area contributed by atoms with E-state index in [-0.39, 0.29) is 25.9 Å². The normalized spacial score (nSPS) is 17.1. The summed E-state index contributed by atoms with van der Waals surface area (Å²) < 4.78 is 31.6. The molecular formula is C22H22F2O3. The third-order valence-corrected chi connectivity index (χ3v) is 4.66. The topological polar surface area (TPSA) is 46.5 Å². The van der Waals surface area contributed by atoms with Crippen LogP contribution in [0.4, 0.5) is 8.78 Å². The highest BCUT2D eigenvalue weighted by molar-refractivity contribution is 5.75.